The summed E-state index contributed by atoms with van der Waals surface area (Å²) in [5, 5.41) is 0. The van der Waals surface area contributed by atoms with E-state index in [1.54, 1.807) is 0 Å². The molecule has 16 heavy (non-hydrogen) atoms. The molecule has 0 amide bonds. The van der Waals surface area contributed by atoms with Crippen LogP contribution in [0.2, 0.25) is 0 Å². The first kappa shape index (κ1) is 11.2. The van der Waals surface area contributed by atoms with Gasteiger partial charge in [0.15, 0.2) is 0 Å². The van der Waals surface area contributed by atoms with Gasteiger partial charge in [-0.15, -0.1) is 0 Å². The van der Waals surface area contributed by atoms with Crippen molar-refractivity contribution < 1.29 is 4.39 Å². The molecule has 0 aromatic heterocycles. The fourth-order valence-electron chi connectivity index (χ4n) is 2.10. The van der Waals surface area contributed by atoms with Gasteiger partial charge >= 0.3 is 0 Å². The van der Waals surface area contributed by atoms with E-state index in [1.165, 1.54) is 5.56 Å². The summed E-state index contributed by atoms with van der Waals surface area (Å²) in [5.74, 6) is 0. The number of likely N-dealkylation sites (tertiary alicyclic amines) is 1. The molecule has 1 aromatic rings. The Morgan fingerprint density at radius 1 is 1.38 bits per heavy atom. The van der Waals surface area contributed by atoms with Gasteiger partial charge in [-0.05, 0) is 24.8 Å². The lowest BCUT2D eigenvalue weighted by Crippen LogP contribution is -2.20. The average molecular weight is 219 g/mol. The minimum atomic E-state index is -0.659. The van der Waals surface area contributed by atoms with Gasteiger partial charge in [-0.3, -0.25) is 0 Å². The molecule has 0 radical (unpaired) electrons. The lowest BCUT2D eigenvalue weighted by molar-refractivity contribution is 0.320. The molecule has 1 nitrogen and oxygen atoms in total. The van der Waals surface area contributed by atoms with Gasteiger partial charge in [0, 0.05) is 18.8 Å². The number of aryl methyl sites for hydroxylation is 1. The van der Waals surface area contributed by atoms with Gasteiger partial charge in [0.25, 0.3) is 0 Å². The third-order valence-corrected chi connectivity index (χ3v) is 3.12. The number of nitrogens with zero attached hydrogens (tertiary/aromatic N) is 1. The van der Waals surface area contributed by atoms with Crippen LogP contribution in [0, 0.1) is 0 Å². The van der Waals surface area contributed by atoms with Crippen molar-refractivity contribution in [1.82, 2.24) is 4.90 Å². The third-order valence-electron chi connectivity index (χ3n) is 3.12. The Bertz CT molecular complexity index is 347. The molecule has 1 fully saturated rings. The zero-order valence-electron chi connectivity index (χ0n) is 9.53. The molecular formula is C14H18FN. The number of allylic oxidation sites excluding steroid dienone is 1. The van der Waals surface area contributed by atoms with Gasteiger partial charge < -0.3 is 4.90 Å². The van der Waals surface area contributed by atoms with E-state index in [4.69, 9.17) is 0 Å². The van der Waals surface area contributed by atoms with E-state index in [-0.39, 0.29) is 0 Å². The van der Waals surface area contributed by atoms with E-state index in [1.807, 2.05) is 18.2 Å². The zero-order chi connectivity index (χ0) is 11.4. The molecule has 1 unspecified atom stereocenters. The molecule has 1 aromatic carbocycles. The van der Waals surface area contributed by atoms with Gasteiger partial charge in [-0.25, -0.2) is 4.39 Å². The molecule has 0 saturated carbocycles. The zero-order valence-corrected chi connectivity index (χ0v) is 9.53. The van der Waals surface area contributed by atoms with Gasteiger partial charge in [0.1, 0.15) is 6.17 Å². The van der Waals surface area contributed by atoms with Crippen molar-refractivity contribution in [3.05, 3.63) is 48.2 Å². The maximum absolute atomic E-state index is 13.0. The first-order valence-electron chi connectivity index (χ1n) is 5.86. The van der Waals surface area contributed by atoms with Crippen LogP contribution in [0.25, 0.3) is 0 Å². The highest BCUT2D eigenvalue weighted by Gasteiger charge is 2.22. The van der Waals surface area contributed by atoms with E-state index in [0.29, 0.717) is 13.0 Å². The predicted octanol–water partition coefficient (Wildman–Crippen LogP) is 3.18. The molecule has 2 rings (SSSR count). The molecule has 86 valence electrons. The molecule has 1 aliphatic heterocycles. The van der Waals surface area contributed by atoms with Crippen molar-refractivity contribution in [3.8, 4) is 0 Å². The Hall–Kier alpha value is -1.31. The molecule has 1 aliphatic rings. The maximum Gasteiger partial charge on any atom is 0.119 e. The van der Waals surface area contributed by atoms with E-state index < -0.39 is 6.17 Å². The van der Waals surface area contributed by atoms with E-state index in [0.717, 1.165) is 25.1 Å². The summed E-state index contributed by atoms with van der Waals surface area (Å²) in [6, 6.07) is 10.4. The third kappa shape index (κ3) is 2.84. The number of alkyl halides is 1. The molecule has 1 heterocycles. The summed E-state index contributed by atoms with van der Waals surface area (Å²) in [6.45, 7) is 5.41. The fraction of sp³-hybridized carbons (Fsp3) is 0.429. The van der Waals surface area contributed by atoms with Gasteiger partial charge in [0.05, 0.1) is 0 Å². The molecule has 2 heteroatoms. The smallest absolute Gasteiger partial charge is 0.119 e. The highest BCUT2D eigenvalue weighted by Crippen LogP contribution is 2.19. The monoisotopic (exact) mass is 219 g/mol. The Morgan fingerprint density at radius 2 is 2.12 bits per heavy atom. The van der Waals surface area contributed by atoms with Crippen LogP contribution in [0.1, 0.15) is 18.4 Å². The van der Waals surface area contributed by atoms with Crippen LogP contribution >= 0.6 is 0 Å². The van der Waals surface area contributed by atoms with E-state index in [9.17, 15) is 4.39 Å². The van der Waals surface area contributed by atoms with E-state index >= 15 is 0 Å². The molecule has 0 aliphatic carbocycles. The van der Waals surface area contributed by atoms with Crippen LogP contribution in [0.3, 0.4) is 0 Å². The highest BCUT2D eigenvalue weighted by molar-refractivity contribution is 5.16. The molecule has 1 saturated heterocycles. The van der Waals surface area contributed by atoms with E-state index in [2.05, 4.69) is 23.6 Å². The predicted molar refractivity (Wildman–Crippen MR) is 65.0 cm³/mol. The Labute approximate surface area is 96.6 Å². The lowest BCUT2D eigenvalue weighted by Gasteiger charge is -2.20. The van der Waals surface area contributed by atoms with Crippen LogP contribution in [0.4, 0.5) is 4.39 Å². The summed E-state index contributed by atoms with van der Waals surface area (Å²) in [6.07, 6.45) is 1.92. The molecule has 0 spiro atoms. The molecule has 1 atom stereocenters. The molecule has 0 N–H and O–H groups in total. The number of hydrogen-bond donors (Lipinski definition) is 0. The van der Waals surface area contributed by atoms with Crippen molar-refractivity contribution in [2.75, 3.05) is 13.1 Å². The number of rotatable bonds is 4. The minimum Gasteiger partial charge on any atom is -0.372 e. The summed E-state index contributed by atoms with van der Waals surface area (Å²) in [7, 11) is 0. The second-order valence-corrected chi connectivity index (χ2v) is 4.38. The van der Waals surface area contributed by atoms with Crippen molar-refractivity contribution >= 4 is 0 Å². The Morgan fingerprint density at radius 3 is 2.75 bits per heavy atom. The lowest BCUT2D eigenvalue weighted by atomic mass is 10.1. The van der Waals surface area contributed by atoms with Crippen LogP contribution in [-0.2, 0) is 6.42 Å². The second kappa shape index (κ2) is 5.15. The fourth-order valence-corrected chi connectivity index (χ4v) is 2.10. The quantitative estimate of drug-likeness (QED) is 0.751. The standard InChI is InChI=1S/C14H18FN/c1-12(16-10-9-14(15)11-16)7-8-13-5-3-2-4-6-13/h2-6,14H,1,7-11H2. The van der Waals surface area contributed by atoms with Crippen LogP contribution < -0.4 is 0 Å². The summed E-state index contributed by atoms with van der Waals surface area (Å²) in [4.78, 5) is 2.08. The molecular weight excluding hydrogens is 201 g/mol. The van der Waals surface area contributed by atoms with Crippen molar-refractivity contribution in [2.24, 2.45) is 0 Å². The van der Waals surface area contributed by atoms with Gasteiger partial charge in [-0.2, -0.15) is 0 Å². The van der Waals surface area contributed by atoms with Gasteiger partial charge in [0.2, 0.25) is 0 Å². The second-order valence-electron chi connectivity index (χ2n) is 4.38. The summed E-state index contributed by atoms with van der Waals surface area (Å²) in [5.41, 5.74) is 2.39. The topological polar surface area (TPSA) is 3.24 Å². The van der Waals surface area contributed by atoms with Crippen molar-refractivity contribution in [1.29, 1.82) is 0 Å². The van der Waals surface area contributed by atoms with Crippen molar-refractivity contribution in [2.45, 2.75) is 25.4 Å². The van der Waals surface area contributed by atoms with Crippen LogP contribution in [0.15, 0.2) is 42.6 Å². The van der Waals surface area contributed by atoms with Gasteiger partial charge in [-0.1, -0.05) is 36.9 Å². The SMILES string of the molecule is C=C(CCc1ccccc1)N1CCC(F)C1. The number of halogens is 1. The number of hydrogen-bond acceptors (Lipinski definition) is 1. The first-order valence-corrected chi connectivity index (χ1v) is 5.86. The highest BCUT2D eigenvalue weighted by atomic mass is 19.1. The normalized spacial score (nSPS) is 20.1. The summed E-state index contributed by atoms with van der Waals surface area (Å²) < 4.78 is 13.0. The summed E-state index contributed by atoms with van der Waals surface area (Å²) >= 11 is 0. The Kier molecular flexibility index (Phi) is 3.60. The molecule has 0 bridgehead atoms. The average Bonchev–Trinajstić information content (AvgIpc) is 2.74. The first-order chi connectivity index (χ1) is 7.75. The Balaban J connectivity index is 1.80. The van der Waals surface area contributed by atoms with Crippen LogP contribution in [0.5, 0.6) is 0 Å². The number of benzene rings is 1. The maximum atomic E-state index is 13.0. The minimum absolute atomic E-state index is 0.535. The van der Waals surface area contributed by atoms with Crippen molar-refractivity contribution in [3.63, 3.8) is 0 Å². The largest absolute Gasteiger partial charge is 0.372 e. The van der Waals surface area contributed by atoms with Crippen LogP contribution in [-0.4, -0.2) is 24.2 Å².